The van der Waals surface area contributed by atoms with Gasteiger partial charge in [0.2, 0.25) is 0 Å². The monoisotopic (exact) mass is 450 g/mol. The van der Waals surface area contributed by atoms with E-state index in [1.165, 1.54) is 48.5 Å². The van der Waals surface area contributed by atoms with Gasteiger partial charge in [-0.1, -0.05) is 11.6 Å². The summed E-state index contributed by atoms with van der Waals surface area (Å²) in [6, 6.07) is 9.92. The molecule has 158 valence electrons. The van der Waals surface area contributed by atoms with Crippen LogP contribution in [0.15, 0.2) is 53.4 Å². The summed E-state index contributed by atoms with van der Waals surface area (Å²) in [4.78, 5) is 38.0. The molecule has 1 heterocycles. The van der Waals surface area contributed by atoms with Crippen molar-refractivity contribution in [2.24, 2.45) is 0 Å². The molecule has 0 aromatic heterocycles. The summed E-state index contributed by atoms with van der Waals surface area (Å²) in [5, 5.41) is 0.319. The number of amides is 3. The Labute approximate surface area is 179 Å². The molecule has 1 fully saturated rings. The average Bonchev–Trinajstić information content (AvgIpc) is 2.95. The molecule has 1 aliphatic rings. The Morgan fingerprint density at radius 2 is 1.57 bits per heavy atom. The van der Waals surface area contributed by atoms with Crippen LogP contribution >= 0.6 is 11.6 Å². The number of rotatable bonds is 4. The van der Waals surface area contributed by atoms with Crippen LogP contribution in [0.2, 0.25) is 5.02 Å². The summed E-state index contributed by atoms with van der Waals surface area (Å²) >= 11 is 5.77. The van der Waals surface area contributed by atoms with Crippen molar-refractivity contribution in [2.45, 2.75) is 31.3 Å². The summed E-state index contributed by atoms with van der Waals surface area (Å²) < 4.78 is 31.1. The molecule has 3 amide bonds. The Morgan fingerprint density at radius 3 is 2.10 bits per heavy atom. The average molecular weight is 451 g/mol. The second-order valence-electron chi connectivity index (χ2n) is 7.53. The predicted molar refractivity (Wildman–Crippen MR) is 110 cm³/mol. The van der Waals surface area contributed by atoms with Crippen LogP contribution in [0.5, 0.6) is 0 Å². The molecule has 0 atom stereocenters. The van der Waals surface area contributed by atoms with E-state index in [-0.39, 0.29) is 20.5 Å². The Bertz CT molecular complexity index is 1110. The highest BCUT2D eigenvalue weighted by Crippen LogP contribution is 2.27. The molecule has 1 aliphatic heterocycles. The number of hydrogen-bond donors (Lipinski definition) is 0. The van der Waals surface area contributed by atoms with Crippen molar-refractivity contribution in [3.05, 3.63) is 59.1 Å². The lowest BCUT2D eigenvalue weighted by Gasteiger charge is -2.20. The van der Waals surface area contributed by atoms with E-state index >= 15 is 0 Å². The number of benzene rings is 2. The van der Waals surface area contributed by atoms with Crippen LogP contribution in [0.1, 0.15) is 31.1 Å². The Hall–Kier alpha value is -2.91. The van der Waals surface area contributed by atoms with Crippen LogP contribution in [0, 0.1) is 0 Å². The predicted octanol–water partition coefficient (Wildman–Crippen LogP) is 3.45. The fourth-order valence-electron chi connectivity index (χ4n) is 2.75. The molecule has 2 aromatic rings. The summed E-state index contributed by atoms with van der Waals surface area (Å²) in [5.74, 6) is -1.42. The molecule has 30 heavy (non-hydrogen) atoms. The Morgan fingerprint density at radius 1 is 1.00 bits per heavy atom. The molecule has 0 saturated carbocycles. The van der Waals surface area contributed by atoms with Crippen LogP contribution in [0.25, 0.3) is 0 Å². The minimum absolute atomic E-state index is 0.226. The van der Waals surface area contributed by atoms with Crippen molar-refractivity contribution >= 4 is 45.2 Å². The molecule has 0 aliphatic carbocycles. The SMILES string of the molecule is CC(C)(C)OC(=O)c1ccc(N2CC(=O)N(S(=O)(=O)c3ccc(Cl)cc3)C2=O)cc1. The van der Waals surface area contributed by atoms with Crippen LogP contribution in [-0.4, -0.2) is 42.8 Å². The molecule has 2 aromatic carbocycles. The molecule has 0 bridgehead atoms. The fourth-order valence-corrected chi connectivity index (χ4v) is 4.20. The number of ether oxygens (including phenoxy) is 1. The lowest BCUT2D eigenvalue weighted by Crippen LogP contribution is -2.38. The second-order valence-corrected chi connectivity index (χ2v) is 9.76. The molecule has 3 rings (SSSR count). The van der Waals surface area contributed by atoms with Crippen LogP contribution in [0.4, 0.5) is 10.5 Å². The van der Waals surface area contributed by atoms with Gasteiger partial charge in [-0.25, -0.2) is 18.0 Å². The number of nitrogens with zero attached hydrogens (tertiary/aromatic N) is 2. The Balaban J connectivity index is 1.84. The highest BCUT2D eigenvalue weighted by atomic mass is 35.5. The summed E-state index contributed by atoms with van der Waals surface area (Å²) in [6.45, 7) is 4.77. The maximum Gasteiger partial charge on any atom is 0.346 e. The number of esters is 1. The lowest BCUT2D eigenvalue weighted by molar-refractivity contribution is -0.121. The standard InChI is InChI=1S/C20H19ClN2O6S/c1-20(2,3)29-18(25)13-4-8-15(9-5-13)22-12-17(24)23(19(22)26)30(27,28)16-10-6-14(21)7-11-16/h4-11H,12H2,1-3H3. The molecule has 0 N–H and O–H groups in total. The van der Waals surface area contributed by atoms with Crippen LogP contribution in [-0.2, 0) is 19.6 Å². The first-order chi connectivity index (χ1) is 13.9. The molecule has 1 saturated heterocycles. The largest absolute Gasteiger partial charge is 0.456 e. The minimum Gasteiger partial charge on any atom is -0.456 e. The summed E-state index contributed by atoms with van der Waals surface area (Å²) in [6.07, 6.45) is 0. The number of carbonyl (C=O) groups excluding carboxylic acids is 3. The highest BCUT2D eigenvalue weighted by molar-refractivity contribution is 7.90. The molecule has 8 nitrogen and oxygen atoms in total. The van der Waals surface area contributed by atoms with Gasteiger partial charge in [-0.05, 0) is 69.3 Å². The van der Waals surface area contributed by atoms with Crippen LogP contribution in [0.3, 0.4) is 0 Å². The molecule has 0 spiro atoms. The number of anilines is 1. The zero-order chi connectivity index (χ0) is 22.3. The van der Waals surface area contributed by atoms with E-state index in [9.17, 15) is 22.8 Å². The van der Waals surface area contributed by atoms with Gasteiger partial charge in [0.05, 0.1) is 10.5 Å². The lowest BCUT2D eigenvalue weighted by atomic mass is 10.1. The van der Waals surface area contributed by atoms with Crippen molar-refractivity contribution in [1.29, 1.82) is 0 Å². The molecule has 0 unspecified atom stereocenters. The van der Waals surface area contributed by atoms with E-state index < -0.39 is 40.1 Å². The molecular formula is C20H19ClN2O6S. The highest BCUT2D eigenvalue weighted by Gasteiger charge is 2.45. The van der Waals surface area contributed by atoms with Gasteiger partial charge < -0.3 is 4.74 Å². The summed E-state index contributed by atoms with van der Waals surface area (Å²) in [5.41, 5.74) is -0.129. The van der Waals surface area contributed by atoms with Gasteiger partial charge in [0.1, 0.15) is 12.1 Å². The van der Waals surface area contributed by atoms with E-state index in [1.54, 1.807) is 20.8 Å². The normalized spacial score (nSPS) is 14.9. The van der Waals surface area contributed by atoms with Gasteiger partial charge in [0.15, 0.2) is 0 Å². The van der Waals surface area contributed by atoms with Crippen molar-refractivity contribution in [3.63, 3.8) is 0 Å². The van der Waals surface area contributed by atoms with Gasteiger partial charge in [0, 0.05) is 10.7 Å². The number of urea groups is 1. The van der Waals surface area contributed by atoms with Crippen molar-refractivity contribution in [2.75, 3.05) is 11.4 Å². The topological polar surface area (TPSA) is 101 Å². The van der Waals surface area contributed by atoms with Crippen LogP contribution < -0.4 is 4.90 Å². The first-order valence-electron chi connectivity index (χ1n) is 8.89. The zero-order valence-corrected chi connectivity index (χ0v) is 18.0. The third-order valence-corrected chi connectivity index (χ3v) is 6.05. The minimum atomic E-state index is -4.38. The third-order valence-electron chi connectivity index (χ3n) is 4.09. The fraction of sp³-hybridized carbons (Fsp3) is 0.250. The quantitative estimate of drug-likeness (QED) is 0.522. The van der Waals surface area contributed by atoms with Crippen molar-refractivity contribution < 1.29 is 27.5 Å². The number of hydrogen-bond acceptors (Lipinski definition) is 6. The molecule has 0 radical (unpaired) electrons. The molecule has 10 heteroatoms. The zero-order valence-electron chi connectivity index (χ0n) is 16.5. The van der Waals surface area contributed by atoms with E-state index in [1.807, 2.05) is 0 Å². The first-order valence-corrected chi connectivity index (χ1v) is 10.7. The summed E-state index contributed by atoms with van der Waals surface area (Å²) in [7, 11) is -4.38. The van der Waals surface area contributed by atoms with Gasteiger partial charge in [-0.3, -0.25) is 9.69 Å². The number of carbonyl (C=O) groups is 3. The van der Waals surface area contributed by atoms with Crippen molar-refractivity contribution in [1.82, 2.24) is 4.31 Å². The van der Waals surface area contributed by atoms with Gasteiger partial charge in [0.25, 0.3) is 15.9 Å². The van der Waals surface area contributed by atoms with E-state index in [0.29, 0.717) is 5.02 Å². The Kier molecular flexibility index (Phi) is 5.62. The van der Waals surface area contributed by atoms with Gasteiger partial charge in [-0.15, -0.1) is 4.31 Å². The third kappa shape index (κ3) is 4.31. The number of halogens is 1. The maximum atomic E-state index is 12.8. The maximum absolute atomic E-state index is 12.8. The first kappa shape index (κ1) is 21.8. The number of sulfonamides is 1. The van der Waals surface area contributed by atoms with E-state index in [4.69, 9.17) is 16.3 Å². The number of imide groups is 1. The second kappa shape index (κ2) is 7.73. The van der Waals surface area contributed by atoms with E-state index in [0.717, 1.165) is 4.90 Å². The molecular weight excluding hydrogens is 432 g/mol. The van der Waals surface area contributed by atoms with Gasteiger partial charge >= 0.3 is 12.0 Å². The van der Waals surface area contributed by atoms with E-state index in [2.05, 4.69) is 0 Å². The smallest absolute Gasteiger partial charge is 0.346 e. The van der Waals surface area contributed by atoms with Crippen molar-refractivity contribution in [3.8, 4) is 0 Å². The van der Waals surface area contributed by atoms with Gasteiger partial charge in [-0.2, -0.15) is 0 Å².